The van der Waals surface area contributed by atoms with E-state index in [1.54, 1.807) is 0 Å². The van der Waals surface area contributed by atoms with Crippen molar-refractivity contribution in [2.75, 3.05) is 39.3 Å². The van der Waals surface area contributed by atoms with E-state index in [0.29, 0.717) is 25.4 Å². The Balaban J connectivity index is 1.49. The van der Waals surface area contributed by atoms with Crippen LogP contribution in [-0.2, 0) is 11.3 Å². The highest BCUT2D eigenvalue weighted by atomic mass is 16.3. The van der Waals surface area contributed by atoms with Crippen LogP contribution in [0.15, 0.2) is 12.4 Å². The summed E-state index contributed by atoms with van der Waals surface area (Å²) in [6.07, 6.45) is 8.16. The van der Waals surface area contributed by atoms with Crippen molar-refractivity contribution >= 4 is 5.91 Å². The standard InChI is InChI=1S/C18H30N4O2/c1-15-9-19-22(10-15)8-5-18(24)21-12-16(17(13-21)14-23)11-20-6-3-2-4-7-20/h9-10,16-17,23H,2-8,11-14H2,1H3/t16-,17-/m1/s1. The zero-order chi connectivity index (χ0) is 16.9. The second-order valence-corrected chi connectivity index (χ2v) is 7.39. The lowest BCUT2D eigenvalue weighted by atomic mass is 9.95. The number of aliphatic hydroxyl groups excluding tert-OH is 1. The van der Waals surface area contributed by atoms with Gasteiger partial charge in [-0.3, -0.25) is 9.48 Å². The van der Waals surface area contributed by atoms with Crippen LogP contribution in [-0.4, -0.2) is 69.9 Å². The van der Waals surface area contributed by atoms with E-state index >= 15 is 0 Å². The number of rotatable bonds is 6. The molecule has 1 aromatic rings. The molecule has 1 amide bonds. The van der Waals surface area contributed by atoms with Gasteiger partial charge in [-0.15, -0.1) is 0 Å². The van der Waals surface area contributed by atoms with E-state index in [0.717, 1.165) is 18.7 Å². The van der Waals surface area contributed by atoms with Gasteiger partial charge >= 0.3 is 0 Å². The largest absolute Gasteiger partial charge is 0.396 e. The number of aryl methyl sites for hydroxylation is 2. The van der Waals surface area contributed by atoms with Gasteiger partial charge in [-0.1, -0.05) is 6.42 Å². The van der Waals surface area contributed by atoms with Crippen molar-refractivity contribution in [1.82, 2.24) is 19.6 Å². The summed E-state index contributed by atoms with van der Waals surface area (Å²) in [7, 11) is 0. The minimum absolute atomic E-state index is 0.181. The molecule has 0 bridgehead atoms. The highest BCUT2D eigenvalue weighted by Gasteiger charge is 2.35. The lowest BCUT2D eigenvalue weighted by Gasteiger charge is -2.30. The number of aliphatic hydroxyl groups is 1. The number of nitrogens with zero attached hydrogens (tertiary/aromatic N) is 4. The predicted octanol–water partition coefficient (Wildman–Crippen LogP) is 1.13. The Hall–Kier alpha value is -1.40. The van der Waals surface area contributed by atoms with Crippen LogP contribution >= 0.6 is 0 Å². The molecular weight excluding hydrogens is 304 g/mol. The van der Waals surface area contributed by atoms with Gasteiger partial charge in [0.1, 0.15) is 0 Å². The average molecular weight is 334 g/mol. The third kappa shape index (κ3) is 4.36. The molecule has 2 aliphatic heterocycles. The van der Waals surface area contributed by atoms with Gasteiger partial charge < -0.3 is 14.9 Å². The molecule has 3 heterocycles. The molecule has 1 N–H and O–H groups in total. The number of amides is 1. The maximum atomic E-state index is 12.5. The van der Waals surface area contributed by atoms with Crippen molar-refractivity contribution in [2.45, 2.75) is 39.2 Å². The quantitative estimate of drug-likeness (QED) is 0.847. The summed E-state index contributed by atoms with van der Waals surface area (Å²) in [4.78, 5) is 17.0. The molecule has 0 radical (unpaired) electrons. The molecule has 134 valence electrons. The summed E-state index contributed by atoms with van der Waals surface area (Å²) in [6.45, 7) is 7.66. The summed E-state index contributed by atoms with van der Waals surface area (Å²) in [5, 5.41) is 13.9. The van der Waals surface area contributed by atoms with Crippen LogP contribution in [0.1, 0.15) is 31.2 Å². The molecule has 0 aliphatic carbocycles. The van der Waals surface area contributed by atoms with Crippen molar-refractivity contribution in [2.24, 2.45) is 11.8 Å². The monoisotopic (exact) mass is 334 g/mol. The summed E-state index contributed by atoms with van der Waals surface area (Å²) in [5.74, 6) is 0.814. The SMILES string of the molecule is Cc1cnn(CCC(=O)N2C[C@@H](CN3CCCCC3)[C@@H](CO)C2)c1. The number of carbonyl (C=O) groups excluding carboxylic acids is 1. The lowest BCUT2D eigenvalue weighted by Crippen LogP contribution is -2.37. The zero-order valence-corrected chi connectivity index (χ0v) is 14.7. The van der Waals surface area contributed by atoms with Gasteiger partial charge in [-0.05, 0) is 44.3 Å². The second-order valence-electron chi connectivity index (χ2n) is 7.39. The normalized spacial score (nSPS) is 25.3. The number of piperidine rings is 1. The Kier molecular flexibility index (Phi) is 5.89. The summed E-state index contributed by atoms with van der Waals surface area (Å²) in [5.41, 5.74) is 1.12. The molecule has 2 fully saturated rings. The van der Waals surface area contributed by atoms with Gasteiger partial charge in [0.05, 0.1) is 6.20 Å². The molecule has 24 heavy (non-hydrogen) atoms. The fourth-order valence-corrected chi connectivity index (χ4v) is 3.99. The molecule has 2 saturated heterocycles. The molecule has 1 aromatic heterocycles. The van der Waals surface area contributed by atoms with Crippen molar-refractivity contribution in [3.8, 4) is 0 Å². The van der Waals surface area contributed by atoms with E-state index in [4.69, 9.17) is 0 Å². The maximum absolute atomic E-state index is 12.5. The smallest absolute Gasteiger partial charge is 0.224 e. The van der Waals surface area contributed by atoms with E-state index in [9.17, 15) is 9.90 Å². The van der Waals surface area contributed by atoms with Gasteiger partial charge in [-0.2, -0.15) is 5.10 Å². The van der Waals surface area contributed by atoms with Gasteiger partial charge in [0.15, 0.2) is 0 Å². The Bertz CT molecular complexity index is 539. The number of carbonyl (C=O) groups is 1. The first kappa shape index (κ1) is 17.4. The van der Waals surface area contributed by atoms with Crippen LogP contribution < -0.4 is 0 Å². The fraction of sp³-hybridized carbons (Fsp3) is 0.778. The first-order chi connectivity index (χ1) is 11.7. The van der Waals surface area contributed by atoms with Gasteiger partial charge in [0.2, 0.25) is 5.91 Å². The lowest BCUT2D eigenvalue weighted by molar-refractivity contribution is -0.130. The van der Waals surface area contributed by atoms with Crippen LogP contribution in [0, 0.1) is 18.8 Å². The van der Waals surface area contributed by atoms with Crippen molar-refractivity contribution in [1.29, 1.82) is 0 Å². The van der Waals surface area contributed by atoms with E-state index in [1.807, 2.05) is 28.9 Å². The van der Waals surface area contributed by atoms with Crippen molar-refractivity contribution < 1.29 is 9.90 Å². The fourth-order valence-electron chi connectivity index (χ4n) is 3.99. The van der Waals surface area contributed by atoms with Crippen LogP contribution in [0.25, 0.3) is 0 Å². The highest BCUT2D eigenvalue weighted by molar-refractivity contribution is 5.76. The van der Waals surface area contributed by atoms with Crippen LogP contribution in [0.3, 0.4) is 0 Å². The summed E-state index contributed by atoms with van der Waals surface area (Å²) in [6, 6.07) is 0. The minimum atomic E-state index is 0.181. The molecule has 0 unspecified atom stereocenters. The second kappa shape index (κ2) is 8.12. The number of hydrogen-bond acceptors (Lipinski definition) is 4. The predicted molar refractivity (Wildman–Crippen MR) is 92.5 cm³/mol. The minimum Gasteiger partial charge on any atom is -0.396 e. The van der Waals surface area contributed by atoms with E-state index in [1.165, 1.54) is 32.4 Å². The van der Waals surface area contributed by atoms with Crippen molar-refractivity contribution in [3.05, 3.63) is 18.0 Å². The van der Waals surface area contributed by atoms with Gasteiger partial charge in [0.25, 0.3) is 0 Å². The molecular formula is C18H30N4O2. The van der Waals surface area contributed by atoms with Gasteiger partial charge in [-0.25, -0.2) is 0 Å². The molecule has 2 aliphatic rings. The Morgan fingerprint density at radius 2 is 2.00 bits per heavy atom. The average Bonchev–Trinajstić information content (AvgIpc) is 3.19. The molecule has 6 nitrogen and oxygen atoms in total. The Morgan fingerprint density at radius 3 is 2.67 bits per heavy atom. The van der Waals surface area contributed by atoms with E-state index in [2.05, 4.69) is 10.00 Å². The van der Waals surface area contributed by atoms with E-state index in [-0.39, 0.29) is 18.4 Å². The van der Waals surface area contributed by atoms with Crippen LogP contribution in [0.2, 0.25) is 0 Å². The number of aromatic nitrogens is 2. The first-order valence-electron chi connectivity index (χ1n) is 9.25. The highest BCUT2D eigenvalue weighted by Crippen LogP contribution is 2.26. The molecule has 2 atom stereocenters. The summed E-state index contributed by atoms with van der Waals surface area (Å²) < 4.78 is 1.83. The van der Waals surface area contributed by atoms with Crippen LogP contribution in [0.4, 0.5) is 0 Å². The molecule has 3 rings (SSSR count). The molecule has 0 spiro atoms. The Morgan fingerprint density at radius 1 is 1.25 bits per heavy atom. The number of likely N-dealkylation sites (tertiary alicyclic amines) is 2. The summed E-state index contributed by atoms with van der Waals surface area (Å²) >= 11 is 0. The molecule has 0 aromatic carbocycles. The third-order valence-corrected chi connectivity index (χ3v) is 5.42. The molecule has 6 heteroatoms. The van der Waals surface area contributed by atoms with Gasteiger partial charge in [0, 0.05) is 51.3 Å². The van der Waals surface area contributed by atoms with E-state index < -0.39 is 0 Å². The third-order valence-electron chi connectivity index (χ3n) is 5.42. The first-order valence-corrected chi connectivity index (χ1v) is 9.25. The topological polar surface area (TPSA) is 61.6 Å². The van der Waals surface area contributed by atoms with Crippen LogP contribution in [0.5, 0.6) is 0 Å². The molecule has 0 saturated carbocycles. The maximum Gasteiger partial charge on any atom is 0.224 e. The van der Waals surface area contributed by atoms with Crippen molar-refractivity contribution in [3.63, 3.8) is 0 Å². The zero-order valence-electron chi connectivity index (χ0n) is 14.7. The number of hydrogen-bond donors (Lipinski definition) is 1. The Labute approximate surface area is 144 Å².